The molecule has 0 aliphatic rings. The summed E-state index contributed by atoms with van der Waals surface area (Å²) in [6, 6.07) is 26.3. The minimum Gasteiger partial charge on any atom is -0.478 e. The van der Waals surface area contributed by atoms with Crippen LogP contribution in [-0.4, -0.2) is 21.0 Å². The summed E-state index contributed by atoms with van der Waals surface area (Å²) in [6.07, 6.45) is 0. The van der Waals surface area contributed by atoms with Crippen LogP contribution in [0, 0.1) is 18.3 Å². The van der Waals surface area contributed by atoms with Gasteiger partial charge in [-0.1, -0.05) is 54.1 Å². The molecule has 6 nitrogen and oxygen atoms in total. The topological polar surface area (TPSA) is 99.0 Å². The Morgan fingerprint density at radius 2 is 1.63 bits per heavy atom. The van der Waals surface area contributed by atoms with Gasteiger partial charge in [0.25, 0.3) is 6.01 Å². The molecular weight excluding hydrogens is 462 g/mol. The van der Waals surface area contributed by atoms with Gasteiger partial charge in [-0.2, -0.15) is 10.2 Å². The third kappa shape index (κ3) is 4.45. The number of hydrogen-bond acceptors (Lipinski definition) is 4. The molecule has 0 spiro atoms. The van der Waals surface area contributed by atoms with Crippen molar-refractivity contribution in [2.45, 2.75) is 6.92 Å². The number of aryl methyl sites for hydroxylation is 1. The van der Waals surface area contributed by atoms with Crippen molar-refractivity contribution in [1.29, 1.82) is 5.26 Å². The Kier molecular flexibility index (Phi) is 5.69. The van der Waals surface area contributed by atoms with Gasteiger partial charge < -0.3 is 14.8 Å². The number of hydrogen-bond donors (Lipinski definition) is 2. The first-order chi connectivity index (χ1) is 16.9. The van der Waals surface area contributed by atoms with Gasteiger partial charge in [0, 0.05) is 5.56 Å². The van der Waals surface area contributed by atoms with Crippen molar-refractivity contribution in [1.82, 2.24) is 9.97 Å². The number of H-pyrrole nitrogens is 1. The Labute approximate surface area is 206 Å². The number of nitrogens with zero attached hydrogens (tertiary/aromatic N) is 2. The fourth-order valence-electron chi connectivity index (χ4n) is 3.86. The lowest BCUT2D eigenvalue weighted by molar-refractivity contribution is 0.0695. The van der Waals surface area contributed by atoms with Gasteiger partial charge in [0.2, 0.25) is 0 Å². The first-order valence-electron chi connectivity index (χ1n) is 10.7. The predicted molar refractivity (Wildman–Crippen MR) is 135 cm³/mol. The molecule has 5 rings (SSSR count). The van der Waals surface area contributed by atoms with Crippen molar-refractivity contribution < 1.29 is 14.6 Å². The highest BCUT2D eigenvalue weighted by atomic mass is 35.5. The Morgan fingerprint density at radius 1 is 0.971 bits per heavy atom. The molecule has 7 heteroatoms. The summed E-state index contributed by atoms with van der Waals surface area (Å²) >= 11 is 6.59. The standard InChI is InChI=1S/C28H18ClN3O3/c1-16-2-11-21(12-22(16)27(33)34)35-28-31-25-13-23(24(29)14-26(25)32-28)20-9-7-19(8-10-20)18-5-3-17(15-30)4-6-18/h2-14H,1H3,(H,31,32)(H,33,34). The molecule has 5 aromatic rings. The normalized spacial score (nSPS) is 10.8. The van der Waals surface area contributed by atoms with Gasteiger partial charge in [0.05, 0.1) is 33.3 Å². The Hall–Kier alpha value is -4.60. The van der Waals surface area contributed by atoms with E-state index >= 15 is 0 Å². The van der Waals surface area contributed by atoms with Crippen molar-refractivity contribution in [2.75, 3.05) is 0 Å². The van der Waals surface area contributed by atoms with Crippen LogP contribution >= 0.6 is 11.6 Å². The second kappa shape index (κ2) is 8.98. The Bertz CT molecular complexity index is 1620. The second-order valence-corrected chi connectivity index (χ2v) is 8.45. The molecule has 1 heterocycles. The summed E-state index contributed by atoms with van der Waals surface area (Å²) in [5.74, 6) is -0.643. The fourth-order valence-corrected chi connectivity index (χ4v) is 4.14. The SMILES string of the molecule is Cc1ccc(Oc2nc3cc(-c4ccc(-c5ccc(C#N)cc5)cc4)c(Cl)cc3[nH]2)cc1C(=O)O. The zero-order chi connectivity index (χ0) is 24.5. The zero-order valence-electron chi connectivity index (χ0n) is 18.5. The van der Waals surface area contributed by atoms with Gasteiger partial charge in [0.15, 0.2) is 0 Å². The van der Waals surface area contributed by atoms with Gasteiger partial charge in [0.1, 0.15) is 5.75 Å². The smallest absolute Gasteiger partial charge is 0.336 e. The molecule has 0 radical (unpaired) electrons. The number of halogens is 1. The molecule has 0 saturated carbocycles. The monoisotopic (exact) mass is 479 g/mol. The molecule has 0 fully saturated rings. The molecule has 0 amide bonds. The lowest BCUT2D eigenvalue weighted by Gasteiger charge is -2.07. The quantitative estimate of drug-likeness (QED) is 0.277. The number of nitrogens with one attached hydrogen (secondary N) is 1. The molecular formula is C28H18ClN3O3. The molecule has 35 heavy (non-hydrogen) atoms. The van der Waals surface area contributed by atoms with Gasteiger partial charge in [-0.15, -0.1) is 0 Å². The van der Waals surface area contributed by atoms with Crippen molar-refractivity contribution in [3.63, 3.8) is 0 Å². The number of fused-ring (bicyclic) bond motifs is 1. The van der Waals surface area contributed by atoms with Crippen molar-refractivity contribution in [3.05, 3.63) is 101 Å². The maximum Gasteiger partial charge on any atom is 0.336 e. The third-order valence-electron chi connectivity index (χ3n) is 5.75. The highest BCUT2D eigenvalue weighted by Crippen LogP contribution is 2.34. The maximum absolute atomic E-state index is 11.4. The second-order valence-electron chi connectivity index (χ2n) is 8.04. The van der Waals surface area contributed by atoms with Crippen LogP contribution in [-0.2, 0) is 0 Å². The number of benzene rings is 4. The molecule has 0 saturated heterocycles. The average molecular weight is 480 g/mol. The van der Waals surface area contributed by atoms with E-state index in [0.717, 1.165) is 22.3 Å². The van der Waals surface area contributed by atoms with Crippen LogP contribution in [0.5, 0.6) is 11.8 Å². The average Bonchev–Trinajstić information content (AvgIpc) is 3.25. The molecule has 2 N–H and O–H groups in total. The van der Waals surface area contributed by atoms with E-state index in [-0.39, 0.29) is 11.6 Å². The number of aromatic amines is 1. The highest BCUT2D eigenvalue weighted by Gasteiger charge is 2.13. The maximum atomic E-state index is 11.4. The molecule has 0 atom stereocenters. The van der Waals surface area contributed by atoms with Crippen LogP contribution in [0.1, 0.15) is 21.5 Å². The number of carboxylic acids is 1. The number of rotatable bonds is 5. The van der Waals surface area contributed by atoms with Gasteiger partial charge >= 0.3 is 5.97 Å². The largest absolute Gasteiger partial charge is 0.478 e. The first-order valence-corrected chi connectivity index (χ1v) is 11.1. The fraction of sp³-hybridized carbons (Fsp3) is 0.0357. The number of ether oxygens (including phenoxy) is 1. The van der Waals surface area contributed by atoms with E-state index in [1.165, 1.54) is 6.07 Å². The Balaban J connectivity index is 1.43. The van der Waals surface area contributed by atoms with Crippen molar-refractivity contribution in [2.24, 2.45) is 0 Å². The molecule has 0 bridgehead atoms. The summed E-state index contributed by atoms with van der Waals surface area (Å²) < 4.78 is 5.78. The number of imidazole rings is 1. The summed E-state index contributed by atoms with van der Waals surface area (Å²) in [4.78, 5) is 19.0. The first kappa shape index (κ1) is 22.2. The highest BCUT2D eigenvalue weighted by molar-refractivity contribution is 6.34. The lowest BCUT2D eigenvalue weighted by atomic mass is 9.99. The van der Waals surface area contributed by atoms with Crippen LogP contribution in [0.15, 0.2) is 78.9 Å². The van der Waals surface area contributed by atoms with E-state index in [0.29, 0.717) is 32.9 Å². The number of nitriles is 1. The number of carboxylic acid groups (broad SMARTS) is 1. The number of aromatic nitrogens is 2. The lowest BCUT2D eigenvalue weighted by Crippen LogP contribution is -2.00. The minimum atomic E-state index is -1.01. The Morgan fingerprint density at radius 3 is 2.29 bits per heavy atom. The van der Waals surface area contributed by atoms with Crippen molar-refractivity contribution in [3.8, 4) is 40.1 Å². The van der Waals surface area contributed by atoms with Crippen LogP contribution in [0.2, 0.25) is 5.02 Å². The number of carbonyl (C=O) groups is 1. The van der Waals surface area contributed by atoms with Crippen LogP contribution < -0.4 is 4.74 Å². The van der Waals surface area contributed by atoms with E-state index in [2.05, 4.69) is 16.0 Å². The van der Waals surface area contributed by atoms with Crippen LogP contribution in [0.3, 0.4) is 0 Å². The summed E-state index contributed by atoms with van der Waals surface area (Å²) in [6.45, 7) is 1.73. The van der Waals surface area contributed by atoms with Crippen LogP contribution in [0.25, 0.3) is 33.3 Å². The molecule has 1 aromatic heterocycles. The van der Waals surface area contributed by atoms with Gasteiger partial charge in [-0.3, -0.25) is 0 Å². The summed E-state index contributed by atoms with van der Waals surface area (Å²) in [5, 5.41) is 18.9. The van der Waals surface area contributed by atoms with Gasteiger partial charge in [-0.25, -0.2) is 4.79 Å². The third-order valence-corrected chi connectivity index (χ3v) is 6.06. The van der Waals surface area contributed by atoms with Crippen molar-refractivity contribution >= 4 is 28.6 Å². The molecule has 170 valence electrons. The predicted octanol–water partition coefficient (Wildman–Crippen LogP) is 7.22. The molecule has 0 unspecified atom stereocenters. The van der Waals surface area contributed by atoms with Crippen LogP contribution in [0.4, 0.5) is 0 Å². The van der Waals surface area contributed by atoms with E-state index in [1.54, 1.807) is 37.3 Å². The zero-order valence-corrected chi connectivity index (χ0v) is 19.3. The van der Waals surface area contributed by atoms with E-state index in [9.17, 15) is 9.90 Å². The minimum absolute atomic E-state index is 0.174. The molecule has 0 aliphatic carbocycles. The van der Waals surface area contributed by atoms with Gasteiger partial charge in [-0.05, 0) is 65.6 Å². The van der Waals surface area contributed by atoms with E-state index in [4.69, 9.17) is 21.6 Å². The van der Waals surface area contributed by atoms with E-state index < -0.39 is 5.97 Å². The number of aromatic carboxylic acids is 1. The molecule has 4 aromatic carbocycles. The van der Waals surface area contributed by atoms with E-state index in [1.807, 2.05) is 42.5 Å². The molecule has 0 aliphatic heterocycles. The summed E-state index contributed by atoms with van der Waals surface area (Å²) in [7, 11) is 0. The summed E-state index contributed by atoms with van der Waals surface area (Å²) in [5.41, 5.74) is 6.63.